The molecular weight excluding hydrogens is 409 g/mol. The molecule has 4 rings (SSSR count). The molecule has 0 aliphatic carbocycles. The fraction of sp³-hybridized carbons (Fsp3) is 0.0455. The number of pyridine rings is 1. The predicted octanol–water partition coefficient (Wildman–Crippen LogP) is 5.91. The molecule has 7 heteroatoms. The average molecular weight is 424 g/mol. The summed E-state index contributed by atoms with van der Waals surface area (Å²) in [4.78, 5) is 15.9. The van der Waals surface area contributed by atoms with Crippen molar-refractivity contribution in [3.63, 3.8) is 0 Å². The second-order valence-electron chi connectivity index (χ2n) is 6.40. The molecule has 1 N–H and O–H groups in total. The van der Waals surface area contributed by atoms with E-state index in [9.17, 15) is 9.90 Å². The van der Waals surface area contributed by atoms with E-state index >= 15 is 0 Å². The molecule has 29 heavy (non-hydrogen) atoms. The molecule has 0 saturated carbocycles. The van der Waals surface area contributed by atoms with Gasteiger partial charge in [0.2, 0.25) is 0 Å². The normalized spacial score (nSPS) is 10.9. The molecule has 0 aliphatic rings. The quantitative estimate of drug-likeness (QED) is 0.442. The van der Waals surface area contributed by atoms with Crippen LogP contribution in [0.1, 0.15) is 16.1 Å². The Morgan fingerprint density at radius 3 is 2.31 bits per heavy atom. The molecule has 4 aromatic rings. The Hall–Kier alpha value is -3.15. The molecule has 0 spiro atoms. The highest BCUT2D eigenvalue weighted by Crippen LogP contribution is 2.37. The number of aromatic nitrogens is 3. The summed E-state index contributed by atoms with van der Waals surface area (Å²) in [5, 5.41) is 15.4. The number of carboxylic acids is 1. The molecule has 2 aromatic carbocycles. The number of para-hydroxylation sites is 1. The van der Waals surface area contributed by atoms with E-state index in [2.05, 4.69) is 4.98 Å². The maximum Gasteiger partial charge on any atom is 0.337 e. The van der Waals surface area contributed by atoms with Crippen LogP contribution in [-0.4, -0.2) is 25.8 Å². The molecular formula is C22H15Cl2N3O2. The smallest absolute Gasteiger partial charge is 0.337 e. The van der Waals surface area contributed by atoms with Crippen molar-refractivity contribution in [2.24, 2.45) is 0 Å². The monoisotopic (exact) mass is 423 g/mol. The first kappa shape index (κ1) is 19.2. The number of hydrogen-bond donors (Lipinski definition) is 1. The predicted molar refractivity (Wildman–Crippen MR) is 114 cm³/mol. The van der Waals surface area contributed by atoms with Crippen LogP contribution in [0, 0.1) is 6.92 Å². The third-order valence-electron chi connectivity index (χ3n) is 4.63. The van der Waals surface area contributed by atoms with Gasteiger partial charge in [-0.15, -0.1) is 0 Å². The van der Waals surface area contributed by atoms with Crippen molar-refractivity contribution in [2.45, 2.75) is 6.92 Å². The second kappa shape index (κ2) is 7.70. The highest BCUT2D eigenvalue weighted by atomic mass is 35.5. The number of aromatic carboxylic acids is 1. The molecule has 0 bridgehead atoms. The van der Waals surface area contributed by atoms with Crippen molar-refractivity contribution < 1.29 is 9.90 Å². The van der Waals surface area contributed by atoms with Crippen LogP contribution in [0.5, 0.6) is 0 Å². The van der Waals surface area contributed by atoms with Gasteiger partial charge in [0.25, 0.3) is 0 Å². The zero-order valence-corrected chi connectivity index (χ0v) is 16.8. The molecule has 0 aliphatic heterocycles. The van der Waals surface area contributed by atoms with Crippen molar-refractivity contribution in [2.75, 3.05) is 0 Å². The van der Waals surface area contributed by atoms with Gasteiger partial charge in [-0.3, -0.25) is 4.98 Å². The fourth-order valence-electron chi connectivity index (χ4n) is 3.30. The zero-order valence-electron chi connectivity index (χ0n) is 15.3. The maximum absolute atomic E-state index is 11.8. The SMILES string of the molecule is Cc1c(-c2ccc(Cl)cc2)c(-c2ccncc2)nn1-c1c(Cl)cccc1C(=O)O. The van der Waals surface area contributed by atoms with E-state index in [1.54, 1.807) is 29.2 Å². The second-order valence-corrected chi connectivity index (χ2v) is 7.25. The van der Waals surface area contributed by atoms with Crippen LogP contribution >= 0.6 is 23.2 Å². The topological polar surface area (TPSA) is 68.0 Å². The lowest BCUT2D eigenvalue weighted by molar-refractivity contribution is 0.0696. The molecule has 0 amide bonds. The van der Waals surface area contributed by atoms with Crippen LogP contribution in [0.25, 0.3) is 28.1 Å². The summed E-state index contributed by atoms with van der Waals surface area (Å²) in [5.41, 5.74) is 4.49. The van der Waals surface area contributed by atoms with E-state index < -0.39 is 5.97 Å². The minimum atomic E-state index is -1.07. The Morgan fingerprint density at radius 2 is 1.66 bits per heavy atom. The van der Waals surface area contributed by atoms with E-state index in [1.165, 1.54) is 6.07 Å². The summed E-state index contributed by atoms with van der Waals surface area (Å²) >= 11 is 12.5. The van der Waals surface area contributed by atoms with Crippen molar-refractivity contribution in [3.8, 4) is 28.1 Å². The average Bonchev–Trinajstić information content (AvgIpc) is 3.06. The highest BCUT2D eigenvalue weighted by Gasteiger charge is 2.23. The molecule has 144 valence electrons. The Balaban J connectivity index is 2.04. The van der Waals surface area contributed by atoms with Gasteiger partial charge in [0, 0.05) is 34.2 Å². The molecule has 5 nitrogen and oxygen atoms in total. The fourth-order valence-corrected chi connectivity index (χ4v) is 3.68. The van der Waals surface area contributed by atoms with Crippen LogP contribution in [-0.2, 0) is 0 Å². The molecule has 0 radical (unpaired) electrons. The number of halogens is 2. The number of carbonyl (C=O) groups is 1. The van der Waals surface area contributed by atoms with Crippen molar-refractivity contribution in [1.29, 1.82) is 0 Å². The maximum atomic E-state index is 11.8. The summed E-state index contributed by atoms with van der Waals surface area (Å²) < 4.78 is 1.59. The summed E-state index contributed by atoms with van der Waals surface area (Å²) in [5.74, 6) is -1.07. The Bertz CT molecular complexity index is 1200. The number of nitrogens with zero attached hydrogens (tertiary/aromatic N) is 3. The van der Waals surface area contributed by atoms with Gasteiger partial charge < -0.3 is 5.11 Å². The third-order valence-corrected chi connectivity index (χ3v) is 5.19. The zero-order chi connectivity index (χ0) is 20.5. The van der Waals surface area contributed by atoms with E-state index in [0.717, 1.165) is 22.4 Å². The minimum absolute atomic E-state index is 0.0760. The van der Waals surface area contributed by atoms with Gasteiger partial charge >= 0.3 is 5.97 Å². The van der Waals surface area contributed by atoms with Gasteiger partial charge in [-0.2, -0.15) is 5.10 Å². The van der Waals surface area contributed by atoms with E-state index in [-0.39, 0.29) is 5.56 Å². The minimum Gasteiger partial charge on any atom is -0.478 e. The first-order valence-corrected chi connectivity index (χ1v) is 9.51. The summed E-state index contributed by atoms with van der Waals surface area (Å²) in [7, 11) is 0. The first-order chi connectivity index (χ1) is 14.0. The Labute approximate surface area is 177 Å². The number of benzene rings is 2. The number of rotatable bonds is 4. The number of carboxylic acid groups (broad SMARTS) is 1. The third kappa shape index (κ3) is 3.50. The van der Waals surface area contributed by atoms with E-state index in [4.69, 9.17) is 28.3 Å². The van der Waals surface area contributed by atoms with Crippen molar-refractivity contribution in [3.05, 3.63) is 88.3 Å². The lowest BCUT2D eigenvalue weighted by Crippen LogP contribution is -2.08. The lowest BCUT2D eigenvalue weighted by Gasteiger charge is -2.11. The Morgan fingerprint density at radius 1 is 0.966 bits per heavy atom. The van der Waals surface area contributed by atoms with Crippen molar-refractivity contribution >= 4 is 29.2 Å². The van der Waals surface area contributed by atoms with Crippen LogP contribution in [0.3, 0.4) is 0 Å². The lowest BCUT2D eigenvalue weighted by atomic mass is 10.00. The van der Waals surface area contributed by atoms with Gasteiger partial charge in [-0.1, -0.05) is 41.4 Å². The highest BCUT2D eigenvalue weighted by molar-refractivity contribution is 6.33. The molecule has 0 saturated heterocycles. The van der Waals surface area contributed by atoms with Crippen molar-refractivity contribution in [1.82, 2.24) is 14.8 Å². The summed E-state index contributed by atoms with van der Waals surface area (Å²) in [6.45, 7) is 1.89. The molecule has 2 aromatic heterocycles. The largest absolute Gasteiger partial charge is 0.478 e. The molecule has 2 heterocycles. The standard InChI is InChI=1S/C22H15Cl2N3O2/c1-13-19(14-5-7-16(23)8-6-14)20(15-9-11-25-12-10-15)26-27(13)21-17(22(28)29)3-2-4-18(21)24/h2-12H,1H3,(H,28,29). The van der Waals surface area contributed by atoms with E-state index in [0.29, 0.717) is 21.4 Å². The van der Waals surface area contributed by atoms with Crippen LogP contribution in [0.15, 0.2) is 67.0 Å². The van der Waals surface area contributed by atoms with Gasteiger partial charge in [-0.25, -0.2) is 9.48 Å². The molecule has 0 atom stereocenters. The molecule has 0 fully saturated rings. The summed E-state index contributed by atoms with van der Waals surface area (Å²) in [6, 6.07) is 15.9. The van der Waals surface area contributed by atoms with Gasteiger partial charge in [-0.05, 0) is 48.9 Å². The van der Waals surface area contributed by atoms with Gasteiger partial charge in [0.15, 0.2) is 0 Å². The Kier molecular flexibility index (Phi) is 5.09. The van der Waals surface area contributed by atoms with Gasteiger partial charge in [0.05, 0.1) is 16.3 Å². The van der Waals surface area contributed by atoms with E-state index in [1.807, 2.05) is 43.3 Å². The first-order valence-electron chi connectivity index (χ1n) is 8.75. The van der Waals surface area contributed by atoms with Crippen LogP contribution in [0.2, 0.25) is 10.0 Å². The van der Waals surface area contributed by atoms with Crippen LogP contribution < -0.4 is 0 Å². The molecule has 0 unspecified atom stereocenters. The number of hydrogen-bond acceptors (Lipinski definition) is 3. The summed E-state index contributed by atoms with van der Waals surface area (Å²) in [6.07, 6.45) is 3.38. The van der Waals surface area contributed by atoms with Gasteiger partial charge in [0.1, 0.15) is 5.69 Å². The van der Waals surface area contributed by atoms with Crippen LogP contribution in [0.4, 0.5) is 0 Å².